The van der Waals surface area contributed by atoms with E-state index in [0.29, 0.717) is 11.8 Å². The number of aliphatic hydroxyl groups is 1. The molecule has 4 nitrogen and oxygen atoms in total. The lowest BCUT2D eigenvalue weighted by molar-refractivity contribution is 0.133. The molecule has 1 saturated heterocycles. The van der Waals surface area contributed by atoms with Gasteiger partial charge in [-0.15, -0.1) is 0 Å². The molecule has 3 atom stereocenters. The number of hydrogen-bond donors (Lipinski definition) is 2. The Hall–Kier alpha value is -0.810. The molecule has 1 saturated carbocycles. The molecule has 3 unspecified atom stereocenters. The molecule has 2 fully saturated rings. The Labute approximate surface area is 92.7 Å². The van der Waals surface area contributed by atoms with Gasteiger partial charge in [0.25, 0.3) is 0 Å². The standard InChI is InChI=1S/C10H15N3OS/c11-9-3-12-10(15-9)13-4-6-1-2-8(14)7(6)5-13/h3,6-8,14H,1-2,4-5,11H2. The maximum Gasteiger partial charge on any atom is 0.187 e. The van der Waals surface area contributed by atoms with Crippen LogP contribution in [0.3, 0.4) is 0 Å². The van der Waals surface area contributed by atoms with Crippen molar-refractivity contribution in [3.8, 4) is 0 Å². The molecule has 1 aliphatic carbocycles. The minimum Gasteiger partial charge on any atom is -0.393 e. The van der Waals surface area contributed by atoms with Gasteiger partial charge >= 0.3 is 0 Å². The summed E-state index contributed by atoms with van der Waals surface area (Å²) in [4.78, 5) is 6.55. The molecule has 3 N–H and O–H groups in total. The minimum absolute atomic E-state index is 0.0997. The number of aliphatic hydroxyl groups excluding tert-OH is 1. The highest BCUT2D eigenvalue weighted by Crippen LogP contribution is 2.40. The van der Waals surface area contributed by atoms with Crippen LogP contribution >= 0.6 is 11.3 Å². The van der Waals surface area contributed by atoms with Crippen molar-refractivity contribution >= 4 is 21.5 Å². The molecule has 0 amide bonds. The molecule has 3 rings (SSSR count). The van der Waals surface area contributed by atoms with Gasteiger partial charge in [0.15, 0.2) is 5.13 Å². The second kappa shape index (κ2) is 3.35. The predicted octanol–water partition coefficient (Wildman–Crippen LogP) is 0.932. The third-order valence-electron chi connectivity index (χ3n) is 3.60. The Morgan fingerprint density at radius 1 is 1.47 bits per heavy atom. The SMILES string of the molecule is Nc1cnc(N2CC3CCC(O)C3C2)s1. The van der Waals surface area contributed by atoms with Crippen LogP contribution in [-0.2, 0) is 0 Å². The maximum absolute atomic E-state index is 9.80. The summed E-state index contributed by atoms with van der Waals surface area (Å²) in [6, 6.07) is 0. The van der Waals surface area contributed by atoms with Gasteiger partial charge in [-0.05, 0) is 18.8 Å². The Morgan fingerprint density at radius 2 is 2.33 bits per heavy atom. The normalized spacial score (nSPS) is 34.7. The number of anilines is 2. The van der Waals surface area contributed by atoms with Crippen molar-refractivity contribution in [2.24, 2.45) is 11.8 Å². The van der Waals surface area contributed by atoms with Crippen LogP contribution < -0.4 is 10.6 Å². The maximum atomic E-state index is 9.80. The van der Waals surface area contributed by atoms with E-state index in [0.717, 1.165) is 36.1 Å². The number of thiazole rings is 1. The summed E-state index contributed by atoms with van der Waals surface area (Å²) in [5.74, 6) is 1.11. The summed E-state index contributed by atoms with van der Waals surface area (Å²) in [6.07, 6.45) is 3.74. The van der Waals surface area contributed by atoms with Crippen molar-refractivity contribution < 1.29 is 5.11 Å². The number of aromatic nitrogens is 1. The van der Waals surface area contributed by atoms with E-state index >= 15 is 0 Å². The lowest BCUT2D eigenvalue weighted by atomic mass is 10.00. The molecule has 82 valence electrons. The molecule has 15 heavy (non-hydrogen) atoms. The Bertz CT molecular complexity index is 367. The monoisotopic (exact) mass is 225 g/mol. The van der Waals surface area contributed by atoms with Crippen molar-refractivity contribution in [3.63, 3.8) is 0 Å². The first-order chi connectivity index (χ1) is 7.24. The molecule has 1 aromatic rings. The van der Waals surface area contributed by atoms with Gasteiger partial charge in [-0.25, -0.2) is 4.98 Å². The van der Waals surface area contributed by atoms with E-state index in [1.54, 1.807) is 6.20 Å². The van der Waals surface area contributed by atoms with Gasteiger partial charge in [-0.1, -0.05) is 11.3 Å². The van der Waals surface area contributed by atoms with Gasteiger partial charge in [-0.2, -0.15) is 0 Å². The number of nitrogen functional groups attached to an aromatic ring is 1. The Morgan fingerprint density at radius 3 is 3.00 bits per heavy atom. The highest BCUT2D eigenvalue weighted by Gasteiger charge is 2.42. The molecule has 0 bridgehead atoms. The number of nitrogens with two attached hydrogens (primary N) is 1. The third kappa shape index (κ3) is 1.50. The summed E-state index contributed by atoms with van der Waals surface area (Å²) in [5.41, 5.74) is 5.67. The van der Waals surface area contributed by atoms with E-state index in [9.17, 15) is 5.11 Å². The predicted molar refractivity (Wildman–Crippen MR) is 61.0 cm³/mol. The molecule has 5 heteroatoms. The second-order valence-corrected chi connectivity index (χ2v) is 5.56. The van der Waals surface area contributed by atoms with Gasteiger partial charge in [0.1, 0.15) is 5.00 Å². The largest absolute Gasteiger partial charge is 0.393 e. The second-order valence-electron chi connectivity index (χ2n) is 4.52. The lowest BCUT2D eigenvalue weighted by Gasteiger charge is -2.16. The van der Waals surface area contributed by atoms with Gasteiger partial charge < -0.3 is 15.7 Å². The number of nitrogens with zero attached hydrogens (tertiary/aromatic N) is 2. The van der Waals surface area contributed by atoms with E-state index in [2.05, 4.69) is 9.88 Å². The highest BCUT2D eigenvalue weighted by atomic mass is 32.1. The van der Waals surface area contributed by atoms with Crippen LogP contribution in [0, 0.1) is 11.8 Å². The Balaban J connectivity index is 1.77. The fourth-order valence-corrected chi connectivity index (χ4v) is 3.52. The molecule has 2 aliphatic rings. The first-order valence-electron chi connectivity index (χ1n) is 5.38. The summed E-state index contributed by atoms with van der Waals surface area (Å²) in [5, 5.41) is 11.6. The van der Waals surface area contributed by atoms with Crippen LogP contribution in [0.1, 0.15) is 12.8 Å². The summed E-state index contributed by atoms with van der Waals surface area (Å²) >= 11 is 1.54. The zero-order chi connectivity index (χ0) is 10.4. The molecular weight excluding hydrogens is 210 g/mol. The van der Waals surface area contributed by atoms with Crippen LogP contribution in [0.25, 0.3) is 0 Å². The third-order valence-corrected chi connectivity index (χ3v) is 4.49. The molecule has 2 heterocycles. The minimum atomic E-state index is -0.0997. The van der Waals surface area contributed by atoms with E-state index in [-0.39, 0.29) is 6.10 Å². The molecule has 0 aromatic carbocycles. The zero-order valence-corrected chi connectivity index (χ0v) is 9.28. The first kappa shape index (κ1) is 9.42. The number of rotatable bonds is 1. The van der Waals surface area contributed by atoms with E-state index < -0.39 is 0 Å². The van der Waals surface area contributed by atoms with E-state index in [1.165, 1.54) is 11.3 Å². The quantitative estimate of drug-likeness (QED) is 0.746. The van der Waals surface area contributed by atoms with Crippen molar-refractivity contribution in [2.45, 2.75) is 18.9 Å². The lowest BCUT2D eigenvalue weighted by Crippen LogP contribution is -2.24. The van der Waals surface area contributed by atoms with Crippen molar-refractivity contribution in [2.75, 3.05) is 23.7 Å². The van der Waals surface area contributed by atoms with Crippen LogP contribution in [0.15, 0.2) is 6.20 Å². The van der Waals surface area contributed by atoms with Crippen molar-refractivity contribution in [3.05, 3.63) is 6.20 Å². The van der Waals surface area contributed by atoms with Crippen molar-refractivity contribution in [1.82, 2.24) is 4.98 Å². The summed E-state index contributed by atoms with van der Waals surface area (Å²) in [6.45, 7) is 1.98. The smallest absolute Gasteiger partial charge is 0.187 e. The molecular formula is C10H15N3OS. The average Bonchev–Trinajstić information content (AvgIpc) is 2.84. The Kier molecular flexibility index (Phi) is 2.10. The van der Waals surface area contributed by atoms with Gasteiger partial charge in [0.2, 0.25) is 0 Å². The number of hydrogen-bond acceptors (Lipinski definition) is 5. The van der Waals surface area contributed by atoms with E-state index in [4.69, 9.17) is 5.73 Å². The fourth-order valence-electron chi connectivity index (χ4n) is 2.82. The summed E-state index contributed by atoms with van der Waals surface area (Å²) in [7, 11) is 0. The molecule has 1 aliphatic heterocycles. The van der Waals surface area contributed by atoms with Crippen molar-refractivity contribution in [1.29, 1.82) is 0 Å². The first-order valence-corrected chi connectivity index (χ1v) is 6.20. The van der Waals surface area contributed by atoms with Crippen LogP contribution in [-0.4, -0.2) is 29.3 Å². The summed E-state index contributed by atoms with van der Waals surface area (Å²) < 4.78 is 0. The van der Waals surface area contributed by atoms with Crippen LogP contribution in [0.5, 0.6) is 0 Å². The van der Waals surface area contributed by atoms with Gasteiger partial charge in [-0.3, -0.25) is 0 Å². The zero-order valence-electron chi connectivity index (χ0n) is 8.47. The molecule has 1 aromatic heterocycles. The van der Waals surface area contributed by atoms with Crippen LogP contribution in [0.4, 0.5) is 10.1 Å². The fraction of sp³-hybridized carbons (Fsp3) is 0.700. The van der Waals surface area contributed by atoms with Gasteiger partial charge in [0.05, 0.1) is 12.3 Å². The average molecular weight is 225 g/mol. The van der Waals surface area contributed by atoms with Crippen LogP contribution in [0.2, 0.25) is 0 Å². The topological polar surface area (TPSA) is 62.4 Å². The van der Waals surface area contributed by atoms with E-state index in [1.807, 2.05) is 0 Å². The molecule has 0 radical (unpaired) electrons. The molecule has 0 spiro atoms. The number of fused-ring (bicyclic) bond motifs is 1. The van der Waals surface area contributed by atoms with Gasteiger partial charge in [0, 0.05) is 19.0 Å². The highest BCUT2D eigenvalue weighted by molar-refractivity contribution is 7.19.